The van der Waals surface area contributed by atoms with Gasteiger partial charge in [-0.25, -0.2) is 0 Å². The van der Waals surface area contributed by atoms with Crippen molar-refractivity contribution in [2.75, 3.05) is 26.2 Å². The standard InChI is InChI=1S/C20H22BrN3/c21-20(15-18-7-3-1-4-8-18)16-22-24-13-11-23(12-14-24)17-19-9-5-2-6-10-19/h1-10,15-16H,11-14,17H2/b20-15+,22-16?. The summed E-state index contributed by atoms with van der Waals surface area (Å²) in [6.45, 7) is 5.05. The van der Waals surface area contributed by atoms with E-state index in [0.29, 0.717) is 0 Å². The molecule has 0 radical (unpaired) electrons. The number of benzene rings is 2. The van der Waals surface area contributed by atoms with E-state index in [1.54, 1.807) is 0 Å². The Labute approximate surface area is 152 Å². The van der Waals surface area contributed by atoms with Crippen molar-refractivity contribution in [3.8, 4) is 0 Å². The molecular formula is C20H22BrN3. The molecule has 0 bridgehead atoms. The lowest BCUT2D eigenvalue weighted by Crippen LogP contribution is -2.43. The predicted octanol–water partition coefficient (Wildman–Crippen LogP) is 4.23. The fourth-order valence-corrected chi connectivity index (χ4v) is 3.09. The van der Waals surface area contributed by atoms with Crippen LogP contribution in [-0.2, 0) is 6.54 Å². The lowest BCUT2D eigenvalue weighted by Gasteiger charge is -2.33. The molecule has 1 aliphatic heterocycles. The monoisotopic (exact) mass is 383 g/mol. The van der Waals surface area contributed by atoms with Gasteiger partial charge in [0.05, 0.1) is 6.21 Å². The number of nitrogens with zero attached hydrogens (tertiary/aromatic N) is 3. The smallest absolute Gasteiger partial charge is 0.0612 e. The van der Waals surface area contributed by atoms with Gasteiger partial charge in [-0.3, -0.25) is 9.91 Å². The van der Waals surface area contributed by atoms with Crippen molar-refractivity contribution in [1.82, 2.24) is 9.91 Å². The molecule has 0 unspecified atom stereocenters. The maximum Gasteiger partial charge on any atom is 0.0612 e. The molecule has 0 aliphatic carbocycles. The Morgan fingerprint density at radius 3 is 2.21 bits per heavy atom. The molecule has 1 heterocycles. The fraction of sp³-hybridized carbons (Fsp3) is 0.250. The maximum absolute atomic E-state index is 4.59. The van der Waals surface area contributed by atoms with Gasteiger partial charge in [0, 0.05) is 37.2 Å². The summed E-state index contributed by atoms with van der Waals surface area (Å²) in [4.78, 5) is 2.48. The normalized spacial score (nSPS) is 16.7. The number of allylic oxidation sites excluding steroid dienone is 1. The van der Waals surface area contributed by atoms with Gasteiger partial charge in [-0.15, -0.1) is 0 Å². The molecule has 0 N–H and O–H groups in total. The maximum atomic E-state index is 4.59. The van der Waals surface area contributed by atoms with Gasteiger partial charge >= 0.3 is 0 Å². The van der Waals surface area contributed by atoms with Gasteiger partial charge < -0.3 is 0 Å². The zero-order valence-electron chi connectivity index (χ0n) is 13.7. The molecule has 0 spiro atoms. The van der Waals surface area contributed by atoms with E-state index in [2.05, 4.69) is 79.5 Å². The van der Waals surface area contributed by atoms with Crippen LogP contribution in [0.2, 0.25) is 0 Å². The number of hydrazone groups is 1. The topological polar surface area (TPSA) is 18.8 Å². The largest absolute Gasteiger partial charge is 0.295 e. The lowest BCUT2D eigenvalue weighted by atomic mass is 10.2. The van der Waals surface area contributed by atoms with Crippen molar-refractivity contribution in [3.63, 3.8) is 0 Å². The van der Waals surface area contributed by atoms with Gasteiger partial charge in [0.1, 0.15) is 0 Å². The van der Waals surface area contributed by atoms with E-state index >= 15 is 0 Å². The SMILES string of the molecule is Br/C(C=NN1CCN(Cc2ccccc2)CC1)=C/c1ccccc1. The van der Waals surface area contributed by atoms with Crippen molar-refractivity contribution in [2.24, 2.45) is 5.10 Å². The van der Waals surface area contributed by atoms with Crippen LogP contribution in [0.3, 0.4) is 0 Å². The second-order valence-electron chi connectivity index (χ2n) is 5.90. The first-order chi connectivity index (χ1) is 11.8. The molecule has 3 rings (SSSR count). The van der Waals surface area contributed by atoms with Crippen LogP contribution in [0.1, 0.15) is 11.1 Å². The number of piperazine rings is 1. The average Bonchev–Trinajstić information content (AvgIpc) is 2.63. The Bertz CT molecular complexity index is 675. The van der Waals surface area contributed by atoms with Crippen LogP contribution in [-0.4, -0.2) is 42.3 Å². The summed E-state index contributed by atoms with van der Waals surface area (Å²) in [5.41, 5.74) is 2.55. The van der Waals surface area contributed by atoms with Crippen molar-refractivity contribution in [2.45, 2.75) is 6.54 Å². The van der Waals surface area contributed by atoms with Crippen LogP contribution in [0.25, 0.3) is 6.08 Å². The molecule has 0 amide bonds. The quantitative estimate of drug-likeness (QED) is 0.719. The van der Waals surface area contributed by atoms with Gasteiger partial charge in [-0.05, 0) is 33.1 Å². The molecule has 2 aromatic rings. The summed E-state index contributed by atoms with van der Waals surface area (Å²) < 4.78 is 0.986. The van der Waals surface area contributed by atoms with Crippen LogP contribution in [0.4, 0.5) is 0 Å². The highest BCUT2D eigenvalue weighted by atomic mass is 79.9. The van der Waals surface area contributed by atoms with Crippen LogP contribution in [0.15, 0.2) is 70.2 Å². The number of hydrogen-bond donors (Lipinski definition) is 0. The second kappa shape index (κ2) is 8.81. The van der Waals surface area contributed by atoms with Crippen LogP contribution < -0.4 is 0 Å². The van der Waals surface area contributed by atoms with E-state index in [-0.39, 0.29) is 0 Å². The van der Waals surface area contributed by atoms with Crippen molar-refractivity contribution >= 4 is 28.2 Å². The molecule has 0 saturated carbocycles. The summed E-state index contributed by atoms with van der Waals surface area (Å²) in [5, 5.41) is 6.73. The van der Waals surface area contributed by atoms with Crippen LogP contribution >= 0.6 is 15.9 Å². The first kappa shape index (κ1) is 16.9. The molecular weight excluding hydrogens is 362 g/mol. The summed E-state index contributed by atoms with van der Waals surface area (Å²) in [6, 6.07) is 20.9. The summed E-state index contributed by atoms with van der Waals surface area (Å²) in [6.07, 6.45) is 3.97. The molecule has 3 nitrogen and oxygen atoms in total. The number of rotatable bonds is 5. The Hall–Kier alpha value is -1.91. The second-order valence-corrected chi connectivity index (χ2v) is 6.82. The third kappa shape index (κ3) is 5.32. The first-order valence-electron chi connectivity index (χ1n) is 8.27. The van der Waals surface area contributed by atoms with Crippen molar-refractivity contribution in [1.29, 1.82) is 0 Å². The van der Waals surface area contributed by atoms with Crippen LogP contribution in [0, 0.1) is 0 Å². The lowest BCUT2D eigenvalue weighted by molar-refractivity contribution is 0.131. The zero-order valence-corrected chi connectivity index (χ0v) is 15.3. The Morgan fingerprint density at radius 2 is 1.54 bits per heavy atom. The minimum Gasteiger partial charge on any atom is -0.295 e. The molecule has 2 aromatic carbocycles. The van der Waals surface area contributed by atoms with Crippen LogP contribution in [0.5, 0.6) is 0 Å². The highest BCUT2D eigenvalue weighted by Crippen LogP contribution is 2.12. The highest BCUT2D eigenvalue weighted by Gasteiger charge is 2.15. The average molecular weight is 384 g/mol. The fourth-order valence-electron chi connectivity index (χ4n) is 2.74. The first-order valence-corrected chi connectivity index (χ1v) is 9.06. The Balaban J connectivity index is 1.47. The molecule has 124 valence electrons. The van der Waals surface area contributed by atoms with Gasteiger partial charge in [0.2, 0.25) is 0 Å². The number of halogens is 1. The van der Waals surface area contributed by atoms with E-state index in [1.165, 1.54) is 11.1 Å². The zero-order chi connectivity index (χ0) is 16.6. The Morgan fingerprint density at radius 1 is 0.917 bits per heavy atom. The Kier molecular flexibility index (Phi) is 6.21. The van der Waals surface area contributed by atoms with E-state index in [9.17, 15) is 0 Å². The van der Waals surface area contributed by atoms with Crippen molar-refractivity contribution in [3.05, 3.63) is 76.3 Å². The molecule has 1 saturated heterocycles. The third-order valence-electron chi connectivity index (χ3n) is 4.05. The van der Waals surface area contributed by atoms with E-state index < -0.39 is 0 Å². The third-order valence-corrected chi connectivity index (χ3v) is 4.48. The van der Waals surface area contributed by atoms with Gasteiger partial charge in [-0.2, -0.15) is 5.10 Å². The molecule has 1 fully saturated rings. The van der Waals surface area contributed by atoms with Gasteiger partial charge in [0.15, 0.2) is 0 Å². The number of hydrogen-bond acceptors (Lipinski definition) is 3. The minimum absolute atomic E-state index is 0.967. The van der Waals surface area contributed by atoms with E-state index in [0.717, 1.165) is 37.2 Å². The molecule has 1 aliphatic rings. The summed E-state index contributed by atoms with van der Waals surface area (Å²) in [5.74, 6) is 0. The van der Waals surface area contributed by atoms with Gasteiger partial charge in [0.25, 0.3) is 0 Å². The molecule has 24 heavy (non-hydrogen) atoms. The predicted molar refractivity (Wildman–Crippen MR) is 105 cm³/mol. The summed E-state index contributed by atoms with van der Waals surface area (Å²) >= 11 is 3.57. The summed E-state index contributed by atoms with van der Waals surface area (Å²) in [7, 11) is 0. The van der Waals surface area contributed by atoms with E-state index in [4.69, 9.17) is 0 Å². The van der Waals surface area contributed by atoms with Gasteiger partial charge in [-0.1, -0.05) is 60.7 Å². The molecule has 4 heteroatoms. The molecule has 0 aromatic heterocycles. The molecule has 0 atom stereocenters. The van der Waals surface area contributed by atoms with Crippen molar-refractivity contribution < 1.29 is 0 Å². The van der Waals surface area contributed by atoms with E-state index in [1.807, 2.05) is 24.4 Å². The highest BCUT2D eigenvalue weighted by molar-refractivity contribution is 9.12. The minimum atomic E-state index is 0.967.